The van der Waals surface area contributed by atoms with Crippen molar-refractivity contribution >= 4 is 11.7 Å². The van der Waals surface area contributed by atoms with E-state index in [2.05, 4.69) is 9.97 Å². The molecule has 0 unspecified atom stereocenters. The standard InChI is InChI=1S/C11H14F3N5/c12-11(13,14)7-1-5-19(6-2-7)10-8(9(15)16)17-3-4-18-10/h3-4,7H,1-2,5-6H2,(H3,15,16). The first-order valence-corrected chi connectivity index (χ1v) is 5.86. The zero-order valence-corrected chi connectivity index (χ0v) is 10.1. The molecule has 1 aromatic heterocycles. The van der Waals surface area contributed by atoms with Crippen LogP contribution in [-0.4, -0.2) is 35.1 Å². The van der Waals surface area contributed by atoms with Gasteiger partial charge in [0.1, 0.15) is 11.5 Å². The molecule has 1 fully saturated rings. The van der Waals surface area contributed by atoms with Crippen LogP contribution in [0.1, 0.15) is 18.5 Å². The van der Waals surface area contributed by atoms with Gasteiger partial charge >= 0.3 is 6.18 Å². The van der Waals surface area contributed by atoms with Crippen LogP contribution < -0.4 is 10.6 Å². The van der Waals surface area contributed by atoms with Gasteiger partial charge in [0.15, 0.2) is 5.82 Å². The number of rotatable bonds is 2. The molecule has 3 N–H and O–H groups in total. The van der Waals surface area contributed by atoms with Gasteiger partial charge in [0.2, 0.25) is 0 Å². The van der Waals surface area contributed by atoms with Crippen molar-refractivity contribution in [1.29, 1.82) is 5.41 Å². The summed E-state index contributed by atoms with van der Waals surface area (Å²) in [7, 11) is 0. The summed E-state index contributed by atoms with van der Waals surface area (Å²) in [5, 5.41) is 7.40. The van der Waals surface area contributed by atoms with E-state index < -0.39 is 12.1 Å². The van der Waals surface area contributed by atoms with Gasteiger partial charge < -0.3 is 10.6 Å². The number of nitrogens with two attached hydrogens (primary N) is 1. The van der Waals surface area contributed by atoms with Crippen LogP contribution in [0.5, 0.6) is 0 Å². The third-order valence-electron chi connectivity index (χ3n) is 3.19. The van der Waals surface area contributed by atoms with Crippen LogP contribution in [0.25, 0.3) is 0 Å². The minimum atomic E-state index is -4.14. The van der Waals surface area contributed by atoms with Crippen molar-refractivity contribution in [2.75, 3.05) is 18.0 Å². The van der Waals surface area contributed by atoms with Crippen molar-refractivity contribution in [3.63, 3.8) is 0 Å². The minimum absolute atomic E-state index is 0.0252. The summed E-state index contributed by atoms with van der Waals surface area (Å²) in [5.41, 5.74) is 5.61. The molecule has 1 aromatic rings. The maximum Gasteiger partial charge on any atom is 0.391 e. The summed E-state index contributed by atoms with van der Waals surface area (Å²) in [6, 6.07) is 0. The fourth-order valence-corrected chi connectivity index (χ4v) is 2.17. The van der Waals surface area contributed by atoms with E-state index in [1.54, 1.807) is 4.90 Å². The van der Waals surface area contributed by atoms with Crippen molar-refractivity contribution in [3.8, 4) is 0 Å². The quantitative estimate of drug-likeness (QED) is 0.633. The second kappa shape index (κ2) is 5.02. The molecule has 5 nitrogen and oxygen atoms in total. The van der Waals surface area contributed by atoms with Crippen molar-refractivity contribution in [3.05, 3.63) is 18.1 Å². The van der Waals surface area contributed by atoms with Crippen LogP contribution in [0, 0.1) is 11.3 Å². The van der Waals surface area contributed by atoms with Crippen LogP contribution >= 0.6 is 0 Å². The van der Waals surface area contributed by atoms with Gasteiger partial charge in [-0.1, -0.05) is 0 Å². The van der Waals surface area contributed by atoms with Gasteiger partial charge in [-0.25, -0.2) is 9.97 Å². The second-order valence-corrected chi connectivity index (χ2v) is 4.45. The molecule has 0 radical (unpaired) electrons. The molecular weight excluding hydrogens is 259 g/mol. The lowest BCUT2D eigenvalue weighted by Gasteiger charge is -2.34. The third kappa shape index (κ3) is 2.94. The number of nitrogens with one attached hydrogen (secondary N) is 1. The number of hydrogen-bond donors (Lipinski definition) is 2. The topological polar surface area (TPSA) is 78.9 Å². The first-order chi connectivity index (χ1) is 8.89. The highest BCUT2D eigenvalue weighted by molar-refractivity contribution is 5.97. The van der Waals surface area contributed by atoms with E-state index in [1.165, 1.54) is 12.4 Å². The average molecular weight is 273 g/mol. The van der Waals surface area contributed by atoms with E-state index in [1.807, 2.05) is 0 Å². The smallest absolute Gasteiger partial charge is 0.382 e. The van der Waals surface area contributed by atoms with Crippen LogP contribution in [0.3, 0.4) is 0 Å². The molecule has 0 atom stereocenters. The largest absolute Gasteiger partial charge is 0.391 e. The van der Waals surface area contributed by atoms with E-state index in [4.69, 9.17) is 11.1 Å². The number of nitrogens with zero attached hydrogens (tertiary/aromatic N) is 3. The number of halogens is 3. The summed E-state index contributed by atoms with van der Waals surface area (Å²) in [6.45, 7) is 0.478. The second-order valence-electron chi connectivity index (χ2n) is 4.45. The third-order valence-corrected chi connectivity index (χ3v) is 3.19. The lowest BCUT2D eigenvalue weighted by molar-refractivity contribution is -0.179. The van der Waals surface area contributed by atoms with Crippen LogP contribution in [0.2, 0.25) is 0 Å². The van der Waals surface area contributed by atoms with E-state index in [9.17, 15) is 13.2 Å². The summed E-state index contributed by atoms with van der Waals surface area (Å²) >= 11 is 0. The molecule has 1 aliphatic rings. The van der Waals surface area contributed by atoms with Crippen molar-refractivity contribution in [2.24, 2.45) is 11.7 Å². The Hall–Kier alpha value is -1.86. The molecule has 8 heteroatoms. The lowest BCUT2D eigenvalue weighted by Crippen LogP contribution is -2.40. The van der Waals surface area contributed by atoms with Gasteiger partial charge in [-0.05, 0) is 12.8 Å². The average Bonchev–Trinajstić information content (AvgIpc) is 2.38. The van der Waals surface area contributed by atoms with Crippen molar-refractivity contribution < 1.29 is 13.2 Å². The predicted octanol–water partition coefficient (Wildman–Crippen LogP) is 1.54. The summed E-state index contributed by atoms with van der Waals surface area (Å²) in [5.74, 6) is -1.11. The van der Waals surface area contributed by atoms with E-state index in [-0.39, 0.29) is 37.5 Å². The maximum absolute atomic E-state index is 12.6. The Kier molecular flexibility index (Phi) is 3.59. The number of anilines is 1. The molecule has 0 spiro atoms. The van der Waals surface area contributed by atoms with E-state index in [0.717, 1.165) is 0 Å². The van der Waals surface area contributed by atoms with E-state index in [0.29, 0.717) is 5.82 Å². The Morgan fingerprint density at radius 1 is 1.26 bits per heavy atom. The SMILES string of the molecule is N=C(N)c1nccnc1N1CCC(C(F)(F)F)CC1. The molecule has 0 aromatic carbocycles. The monoisotopic (exact) mass is 273 g/mol. The predicted molar refractivity (Wildman–Crippen MR) is 64.0 cm³/mol. The fourth-order valence-electron chi connectivity index (χ4n) is 2.17. The zero-order valence-electron chi connectivity index (χ0n) is 10.1. The molecule has 0 amide bonds. The van der Waals surface area contributed by atoms with Crippen LogP contribution in [0.15, 0.2) is 12.4 Å². The minimum Gasteiger partial charge on any atom is -0.382 e. The molecular formula is C11H14F3N5. The summed E-state index contributed by atoms with van der Waals surface area (Å²) in [6.07, 6.45) is -1.24. The van der Waals surface area contributed by atoms with Gasteiger partial charge in [-0.2, -0.15) is 13.2 Å². The Bertz CT molecular complexity index is 466. The van der Waals surface area contributed by atoms with Crippen molar-refractivity contribution in [1.82, 2.24) is 9.97 Å². The Morgan fingerprint density at radius 3 is 2.37 bits per heavy atom. The lowest BCUT2D eigenvalue weighted by atomic mass is 9.96. The van der Waals surface area contributed by atoms with Gasteiger partial charge in [0.25, 0.3) is 0 Å². The molecule has 1 aliphatic heterocycles. The normalized spacial score (nSPS) is 17.5. The number of hydrogen-bond acceptors (Lipinski definition) is 4. The maximum atomic E-state index is 12.6. The van der Waals surface area contributed by atoms with Gasteiger partial charge in [-0.3, -0.25) is 5.41 Å². The first kappa shape index (κ1) is 13.6. The molecule has 0 saturated carbocycles. The summed E-state index contributed by atoms with van der Waals surface area (Å²) < 4.78 is 37.7. The molecule has 1 saturated heterocycles. The molecule has 19 heavy (non-hydrogen) atoms. The highest BCUT2D eigenvalue weighted by Crippen LogP contribution is 2.35. The number of alkyl halides is 3. The highest BCUT2D eigenvalue weighted by atomic mass is 19.4. The Labute approximate surface area is 108 Å². The van der Waals surface area contributed by atoms with E-state index >= 15 is 0 Å². The number of aromatic nitrogens is 2. The molecule has 104 valence electrons. The number of nitrogen functional groups attached to an aromatic ring is 1. The Morgan fingerprint density at radius 2 is 1.84 bits per heavy atom. The molecule has 0 aliphatic carbocycles. The number of piperidine rings is 1. The fraction of sp³-hybridized carbons (Fsp3) is 0.545. The summed E-state index contributed by atoms with van der Waals surface area (Å²) in [4.78, 5) is 9.72. The van der Waals surface area contributed by atoms with Gasteiger partial charge in [0.05, 0.1) is 5.92 Å². The Balaban J connectivity index is 2.12. The van der Waals surface area contributed by atoms with Gasteiger partial charge in [-0.15, -0.1) is 0 Å². The van der Waals surface area contributed by atoms with Crippen LogP contribution in [0.4, 0.5) is 19.0 Å². The number of amidine groups is 1. The molecule has 2 heterocycles. The zero-order chi connectivity index (χ0) is 14.0. The van der Waals surface area contributed by atoms with Crippen LogP contribution in [-0.2, 0) is 0 Å². The molecule has 2 rings (SSSR count). The highest BCUT2D eigenvalue weighted by Gasteiger charge is 2.41. The first-order valence-electron chi connectivity index (χ1n) is 5.86. The van der Waals surface area contributed by atoms with Crippen molar-refractivity contribution in [2.45, 2.75) is 19.0 Å². The molecule has 0 bridgehead atoms. The van der Waals surface area contributed by atoms with Gasteiger partial charge in [0, 0.05) is 25.5 Å².